The first-order valence-corrected chi connectivity index (χ1v) is 6.68. The summed E-state index contributed by atoms with van der Waals surface area (Å²) in [6.07, 6.45) is 2.00. The molecule has 21 heavy (non-hydrogen) atoms. The highest BCUT2D eigenvalue weighted by molar-refractivity contribution is 5.83. The standard InChI is InChI=1S/C17H15NO3/c18-15(17(19)20)9-11-1-3-12(4-2-11)13-5-6-16-14(10-13)7-8-21-16/h1-8,10,15H,9,18H2,(H,19,20)/t15-/m0/s1. The largest absolute Gasteiger partial charge is 0.480 e. The summed E-state index contributed by atoms with van der Waals surface area (Å²) in [7, 11) is 0. The molecule has 0 fully saturated rings. The minimum atomic E-state index is -0.982. The van der Waals surface area contributed by atoms with Gasteiger partial charge in [-0.25, -0.2) is 0 Å². The number of benzene rings is 2. The van der Waals surface area contributed by atoms with Crippen LogP contribution in [0.1, 0.15) is 5.56 Å². The number of carboxylic acids is 1. The van der Waals surface area contributed by atoms with E-state index < -0.39 is 12.0 Å². The van der Waals surface area contributed by atoms with Gasteiger partial charge in [-0.1, -0.05) is 30.3 Å². The molecule has 0 bridgehead atoms. The Morgan fingerprint density at radius 1 is 1.10 bits per heavy atom. The predicted octanol–water partition coefficient (Wildman–Crippen LogP) is 3.05. The molecule has 0 aliphatic rings. The third-order valence-electron chi connectivity index (χ3n) is 3.51. The average molecular weight is 281 g/mol. The van der Waals surface area contributed by atoms with E-state index in [-0.39, 0.29) is 0 Å². The van der Waals surface area contributed by atoms with Gasteiger partial charge >= 0.3 is 5.97 Å². The van der Waals surface area contributed by atoms with Crippen LogP contribution in [0.15, 0.2) is 59.2 Å². The van der Waals surface area contributed by atoms with Gasteiger partial charge in [0.05, 0.1) is 6.26 Å². The van der Waals surface area contributed by atoms with Gasteiger partial charge in [-0.2, -0.15) is 0 Å². The predicted molar refractivity (Wildman–Crippen MR) is 81.0 cm³/mol. The molecule has 1 aromatic heterocycles. The first kappa shape index (κ1) is 13.4. The van der Waals surface area contributed by atoms with Crippen molar-refractivity contribution >= 4 is 16.9 Å². The number of fused-ring (bicyclic) bond motifs is 1. The normalized spacial score (nSPS) is 12.4. The Hall–Kier alpha value is -2.59. The maximum atomic E-state index is 10.8. The van der Waals surface area contributed by atoms with Gasteiger partial charge in [0.25, 0.3) is 0 Å². The van der Waals surface area contributed by atoms with Crippen molar-refractivity contribution in [1.29, 1.82) is 0 Å². The number of furan rings is 1. The third kappa shape index (κ3) is 2.80. The lowest BCUT2D eigenvalue weighted by atomic mass is 10.00. The van der Waals surface area contributed by atoms with Crippen LogP contribution in [0.5, 0.6) is 0 Å². The topological polar surface area (TPSA) is 76.5 Å². The monoisotopic (exact) mass is 281 g/mol. The Bertz CT molecular complexity index is 774. The SMILES string of the molecule is N[C@@H](Cc1ccc(-c2ccc3occc3c2)cc1)C(=O)O. The van der Waals surface area contributed by atoms with Gasteiger partial charge in [-0.3, -0.25) is 4.79 Å². The molecule has 0 aliphatic heterocycles. The molecular weight excluding hydrogens is 266 g/mol. The van der Waals surface area contributed by atoms with Gasteiger partial charge in [0, 0.05) is 5.39 Å². The van der Waals surface area contributed by atoms with Crippen LogP contribution in [0, 0.1) is 0 Å². The van der Waals surface area contributed by atoms with E-state index in [2.05, 4.69) is 6.07 Å². The van der Waals surface area contributed by atoms with Crippen molar-refractivity contribution in [3.05, 3.63) is 60.4 Å². The number of hydrogen-bond donors (Lipinski definition) is 2. The van der Waals surface area contributed by atoms with Crippen molar-refractivity contribution in [1.82, 2.24) is 0 Å². The fraction of sp³-hybridized carbons (Fsp3) is 0.118. The molecule has 0 aliphatic carbocycles. The molecule has 1 heterocycles. The first-order chi connectivity index (χ1) is 10.1. The fourth-order valence-electron chi connectivity index (χ4n) is 2.32. The molecule has 0 unspecified atom stereocenters. The van der Waals surface area contributed by atoms with E-state index in [1.165, 1.54) is 0 Å². The number of rotatable bonds is 4. The van der Waals surface area contributed by atoms with Gasteiger partial charge in [0.2, 0.25) is 0 Å². The van der Waals surface area contributed by atoms with E-state index in [0.717, 1.165) is 27.7 Å². The quantitative estimate of drug-likeness (QED) is 0.770. The van der Waals surface area contributed by atoms with Gasteiger partial charge in [-0.05, 0) is 41.3 Å². The van der Waals surface area contributed by atoms with Crippen molar-refractivity contribution in [3.63, 3.8) is 0 Å². The minimum absolute atomic E-state index is 0.330. The second-order valence-electron chi connectivity index (χ2n) is 5.02. The van der Waals surface area contributed by atoms with Gasteiger partial charge < -0.3 is 15.3 Å². The van der Waals surface area contributed by atoms with Crippen LogP contribution in [-0.4, -0.2) is 17.1 Å². The molecule has 0 saturated carbocycles. The third-order valence-corrected chi connectivity index (χ3v) is 3.51. The first-order valence-electron chi connectivity index (χ1n) is 6.68. The molecule has 4 nitrogen and oxygen atoms in total. The summed E-state index contributed by atoms with van der Waals surface area (Å²) in [6, 6.07) is 14.9. The van der Waals surface area contributed by atoms with Crippen LogP contribution in [-0.2, 0) is 11.2 Å². The summed E-state index contributed by atoms with van der Waals surface area (Å²) in [6.45, 7) is 0. The van der Waals surface area contributed by atoms with E-state index in [1.54, 1.807) is 6.26 Å². The maximum Gasteiger partial charge on any atom is 0.320 e. The summed E-state index contributed by atoms with van der Waals surface area (Å²) in [5.41, 5.74) is 9.49. The van der Waals surface area contributed by atoms with Crippen LogP contribution in [0.2, 0.25) is 0 Å². The molecule has 3 N–H and O–H groups in total. The molecule has 106 valence electrons. The highest BCUT2D eigenvalue weighted by Gasteiger charge is 2.12. The van der Waals surface area contributed by atoms with Crippen molar-refractivity contribution in [2.75, 3.05) is 0 Å². The zero-order valence-corrected chi connectivity index (χ0v) is 11.3. The molecule has 0 amide bonds. The van der Waals surface area contributed by atoms with E-state index in [1.807, 2.05) is 42.5 Å². The van der Waals surface area contributed by atoms with Crippen molar-refractivity contribution < 1.29 is 14.3 Å². The van der Waals surface area contributed by atoms with Crippen LogP contribution in [0.4, 0.5) is 0 Å². The van der Waals surface area contributed by atoms with E-state index in [9.17, 15) is 4.79 Å². The molecule has 0 radical (unpaired) electrons. The van der Waals surface area contributed by atoms with Crippen LogP contribution >= 0.6 is 0 Å². The van der Waals surface area contributed by atoms with E-state index >= 15 is 0 Å². The van der Waals surface area contributed by atoms with Crippen molar-refractivity contribution in [2.45, 2.75) is 12.5 Å². The maximum absolute atomic E-state index is 10.8. The lowest BCUT2D eigenvalue weighted by Gasteiger charge is -2.07. The smallest absolute Gasteiger partial charge is 0.320 e. The molecule has 1 atom stereocenters. The zero-order valence-electron chi connectivity index (χ0n) is 11.3. The Balaban J connectivity index is 1.84. The number of aliphatic carboxylic acids is 1. The van der Waals surface area contributed by atoms with Gasteiger partial charge in [0.15, 0.2) is 0 Å². The minimum Gasteiger partial charge on any atom is -0.480 e. The molecule has 0 spiro atoms. The van der Waals surface area contributed by atoms with Crippen LogP contribution in [0.3, 0.4) is 0 Å². The summed E-state index contributed by atoms with van der Waals surface area (Å²) in [5, 5.41) is 9.88. The Morgan fingerprint density at radius 2 is 1.81 bits per heavy atom. The number of nitrogens with two attached hydrogens (primary N) is 1. The Morgan fingerprint density at radius 3 is 2.52 bits per heavy atom. The Kier molecular flexibility index (Phi) is 3.46. The van der Waals surface area contributed by atoms with Crippen molar-refractivity contribution in [3.8, 4) is 11.1 Å². The highest BCUT2D eigenvalue weighted by Crippen LogP contribution is 2.25. The number of carboxylic acid groups (broad SMARTS) is 1. The summed E-state index contributed by atoms with van der Waals surface area (Å²) in [5.74, 6) is -0.982. The second-order valence-corrected chi connectivity index (χ2v) is 5.02. The number of carbonyl (C=O) groups is 1. The van der Waals surface area contributed by atoms with Gasteiger partial charge in [0.1, 0.15) is 11.6 Å². The second kappa shape index (κ2) is 5.42. The van der Waals surface area contributed by atoms with E-state index in [0.29, 0.717) is 6.42 Å². The average Bonchev–Trinajstić information content (AvgIpc) is 2.95. The van der Waals surface area contributed by atoms with E-state index in [4.69, 9.17) is 15.3 Å². The zero-order chi connectivity index (χ0) is 14.8. The fourth-order valence-corrected chi connectivity index (χ4v) is 2.32. The molecular formula is C17H15NO3. The summed E-state index contributed by atoms with van der Waals surface area (Å²) >= 11 is 0. The molecule has 4 heteroatoms. The molecule has 2 aromatic carbocycles. The van der Waals surface area contributed by atoms with Gasteiger partial charge in [-0.15, -0.1) is 0 Å². The lowest BCUT2D eigenvalue weighted by Crippen LogP contribution is -2.32. The van der Waals surface area contributed by atoms with Crippen LogP contribution in [0.25, 0.3) is 22.1 Å². The lowest BCUT2D eigenvalue weighted by molar-refractivity contribution is -0.138. The Labute approximate surface area is 121 Å². The molecule has 3 rings (SSSR count). The summed E-state index contributed by atoms with van der Waals surface area (Å²) in [4.78, 5) is 10.8. The van der Waals surface area contributed by atoms with Crippen molar-refractivity contribution in [2.24, 2.45) is 5.73 Å². The highest BCUT2D eigenvalue weighted by atomic mass is 16.4. The number of hydrogen-bond acceptors (Lipinski definition) is 3. The van der Waals surface area contributed by atoms with Crippen LogP contribution < -0.4 is 5.73 Å². The molecule has 3 aromatic rings. The molecule has 0 saturated heterocycles. The summed E-state index contributed by atoms with van der Waals surface area (Å²) < 4.78 is 5.32.